The van der Waals surface area contributed by atoms with Gasteiger partial charge in [-0.05, 0) is 57.9 Å². The first-order chi connectivity index (χ1) is 9.41. The van der Waals surface area contributed by atoms with Gasteiger partial charge >= 0.3 is 0 Å². The van der Waals surface area contributed by atoms with Crippen molar-refractivity contribution in [3.05, 3.63) is 39.2 Å². The van der Waals surface area contributed by atoms with Gasteiger partial charge in [0.15, 0.2) is 4.21 Å². The number of anilines is 2. The fourth-order valence-electron chi connectivity index (χ4n) is 2.36. The van der Waals surface area contributed by atoms with Crippen molar-refractivity contribution >= 4 is 48.7 Å². The van der Waals surface area contributed by atoms with Gasteiger partial charge in [-0.15, -0.1) is 11.3 Å². The van der Waals surface area contributed by atoms with Crippen LogP contribution < -0.4 is 10.0 Å². The molecule has 2 heterocycles. The molecule has 20 heavy (non-hydrogen) atoms. The molecular weight excluding hydrogens is 360 g/mol. The van der Waals surface area contributed by atoms with Crippen molar-refractivity contribution in [1.29, 1.82) is 0 Å². The zero-order valence-electron chi connectivity index (χ0n) is 10.8. The summed E-state index contributed by atoms with van der Waals surface area (Å²) in [5, 5.41) is 1.76. The van der Waals surface area contributed by atoms with E-state index in [0.29, 0.717) is 26.6 Å². The van der Waals surface area contributed by atoms with Crippen molar-refractivity contribution in [2.24, 2.45) is 0 Å². The van der Waals surface area contributed by atoms with Crippen molar-refractivity contribution in [2.75, 3.05) is 16.6 Å². The molecule has 0 unspecified atom stereocenters. The minimum absolute atomic E-state index is 0.337. The first-order valence-electron chi connectivity index (χ1n) is 6.06. The second-order valence-electron chi connectivity index (χ2n) is 4.72. The first-order valence-corrected chi connectivity index (χ1v) is 9.17. The van der Waals surface area contributed by atoms with E-state index in [0.717, 1.165) is 17.5 Å². The summed E-state index contributed by atoms with van der Waals surface area (Å²) in [5.74, 6) is 0. The van der Waals surface area contributed by atoms with Crippen molar-refractivity contribution in [2.45, 2.75) is 17.6 Å². The summed E-state index contributed by atoms with van der Waals surface area (Å²) < 4.78 is 27.9. The summed E-state index contributed by atoms with van der Waals surface area (Å²) in [6.07, 6.45) is 0.721. The van der Waals surface area contributed by atoms with Crippen LogP contribution in [0.3, 0.4) is 0 Å². The lowest BCUT2D eigenvalue weighted by Crippen LogP contribution is -2.28. The van der Waals surface area contributed by atoms with Crippen LogP contribution in [-0.4, -0.2) is 15.0 Å². The monoisotopic (exact) mass is 372 g/mol. The van der Waals surface area contributed by atoms with E-state index >= 15 is 0 Å². The zero-order chi connectivity index (χ0) is 14.5. The van der Waals surface area contributed by atoms with E-state index in [1.807, 2.05) is 13.0 Å². The van der Waals surface area contributed by atoms with Crippen LogP contribution >= 0.6 is 27.3 Å². The largest absolute Gasteiger partial charge is 0.398 e. The number of hydrogen-bond donors (Lipinski definition) is 1. The maximum Gasteiger partial charge on any atom is 0.274 e. The maximum absolute atomic E-state index is 12.7. The Hall–Kier alpha value is -1.05. The van der Waals surface area contributed by atoms with E-state index in [2.05, 4.69) is 15.9 Å². The number of nitrogen functional groups attached to an aromatic ring is 1. The summed E-state index contributed by atoms with van der Waals surface area (Å²) in [7, 11) is -3.52. The number of hydrogen-bond acceptors (Lipinski definition) is 4. The van der Waals surface area contributed by atoms with Crippen molar-refractivity contribution in [3.63, 3.8) is 0 Å². The molecule has 4 nitrogen and oxygen atoms in total. The Morgan fingerprint density at radius 1 is 1.40 bits per heavy atom. The van der Waals surface area contributed by atoms with Crippen LogP contribution in [0, 0.1) is 6.92 Å². The van der Waals surface area contributed by atoms with Crippen molar-refractivity contribution in [1.82, 2.24) is 0 Å². The molecule has 1 aliphatic rings. The molecule has 0 atom stereocenters. The third-order valence-corrected chi connectivity index (χ3v) is 7.89. The van der Waals surface area contributed by atoms with E-state index in [1.165, 1.54) is 15.6 Å². The van der Waals surface area contributed by atoms with E-state index in [4.69, 9.17) is 5.73 Å². The van der Waals surface area contributed by atoms with Crippen LogP contribution in [0.15, 0.2) is 32.3 Å². The molecule has 2 aromatic rings. The number of benzene rings is 1. The topological polar surface area (TPSA) is 63.4 Å². The molecule has 1 aliphatic heterocycles. The fourth-order valence-corrected chi connectivity index (χ4v) is 6.27. The SMILES string of the molecule is Cc1cc2c(cc1N)N(S(=O)(=O)c1sccc1Br)CC2. The van der Waals surface area contributed by atoms with Crippen molar-refractivity contribution < 1.29 is 8.42 Å². The van der Waals surface area contributed by atoms with Gasteiger partial charge in [0.25, 0.3) is 10.0 Å². The van der Waals surface area contributed by atoms with Gasteiger partial charge < -0.3 is 5.73 Å². The van der Waals surface area contributed by atoms with E-state index in [-0.39, 0.29) is 0 Å². The van der Waals surface area contributed by atoms with Crippen LogP contribution in [0.25, 0.3) is 0 Å². The lowest BCUT2D eigenvalue weighted by molar-refractivity contribution is 0.594. The smallest absolute Gasteiger partial charge is 0.274 e. The Morgan fingerprint density at radius 3 is 2.80 bits per heavy atom. The minimum Gasteiger partial charge on any atom is -0.398 e. The predicted octanol–water partition coefficient (Wildman–Crippen LogP) is 3.15. The molecule has 0 radical (unpaired) electrons. The van der Waals surface area contributed by atoms with Crippen LogP contribution in [0.5, 0.6) is 0 Å². The second-order valence-corrected chi connectivity index (χ2v) is 8.55. The summed E-state index contributed by atoms with van der Waals surface area (Å²) in [6, 6.07) is 5.48. The van der Waals surface area contributed by atoms with Gasteiger partial charge in [0, 0.05) is 16.7 Å². The highest BCUT2D eigenvalue weighted by Gasteiger charge is 2.33. The highest BCUT2D eigenvalue weighted by atomic mass is 79.9. The molecule has 7 heteroatoms. The third-order valence-electron chi connectivity index (χ3n) is 3.43. The quantitative estimate of drug-likeness (QED) is 0.823. The number of rotatable bonds is 2. The number of sulfonamides is 1. The van der Waals surface area contributed by atoms with Gasteiger partial charge in [-0.1, -0.05) is 6.07 Å². The van der Waals surface area contributed by atoms with E-state index in [1.54, 1.807) is 17.5 Å². The average Bonchev–Trinajstić information content (AvgIpc) is 2.96. The van der Waals surface area contributed by atoms with Gasteiger partial charge in [-0.2, -0.15) is 0 Å². The Kier molecular flexibility index (Phi) is 3.30. The Labute approximate surface area is 130 Å². The Morgan fingerprint density at radius 2 is 2.15 bits per heavy atom. The van der Waals surface area contributed by atoms with E-state index in [9.17, 15) is 8.42 Å². The molecule has 3 rings (SSSR count). The normalized spacial score (nSPS) is 14.6. The summed E-state index contributed by atoms with van der Waals surface area (Å²) in [4.78, 5) is 0. The molecule has 0 fully saturated rings. The van der Waals surface area contributed by atoms with Gasteiger partial charge in [-0.3, -0.25) is 4.31 Å². The highest BCUT2D eigenvalue weighted by molar-refractivity contribution is 9.10. The van der Waals surface area contributed by atoms with Crippen LogP contribution in [0.2, 0.25) is 0 Å². The van der Waals surface area contributed by atoms with E-state index < -0.39 is 10.0 Å². The predicted molar refractivity (Wildman–Crippen MR) is 85.8 cm³/mol. The number of aryl methyl sites for hydroxylation is 1. The minimum atomic E-state index is -3.52. The van der Waals surface area contributed by atoms with Crippen LogP contribution in [0.4, 0.5) is 11.4 Å². The standard InChI is InChI=1S/C13H13BrN2O2S2/c1-8-6-9-2-4-16(12(9)7-11(8)15)20(17,18)13-10(14)3-5-19-13/h3,5-7H,2,4,15H2,1H3. The molecule has 106 valence electrons. The van der Waals surface area contributed by atoms with Crippen molar-refractivity contribution in [3.8, 4) is 0 Å². The number of halogens is 1. The molecule has 0 aliphatic carbocycles. The third kappa shape index (κ3) is 2.04. The molecule has 0 saturated carbocycles. The molecule has 1 aromatic carbocycles. The molecule has 2 N–H and O–H groups in total. The summed E-state index contributed by atoms with van der Waals surface area (Å²) in [5.41, 5.74) is 9.26. The molecule has 0 bridgehead atoms. The summed E-state index contributed by atoms with van der Waals surface area (Å²) in [6.45, 7) is 2.40. The zero-order valence-corrected chi connectivity index (χ0v) is 14.0. The number of nitrogens with zero attached hydrogens (tertiary/aromatic N) is 1. The first kappa shape index (κ1) is 13.9. The van der Waals surface area contributed by atoms with Crippen LogP contribution in [0.1, 0.15) is 11.1 Å². The van der Waals surface area contributed by atoms with Crippen LogP contribution in [-0.2, 0) is 16.4 Å². The fraction of sp³-hybridized carbons (Fsp3) is 0.231. The average molecular weight is 373 g/mol. The maximum atomic E-state index is 12.7. The lowest BCUT2D eigenvalue weighted by atomic mass is 10.1. The number of thiophene rings is 1. The second kappa shape index (κ2) is 4.75. The number of nitrogens with two attached hydrogens (primary N) is 1. The van der Waals surface area contributed by atoms with Gasteiger partial charge in [0.2, 0.25) is 0 Å². The Balaban J connectivity index is 2.12. The number of fused-ring (bicyclic) bond motifs is 1. The van der Waals surface area contributed by atoms with Gasteiger partial charge in [0.1, 0.15) is 0 Å². The molecule has 0 spiro atoms. The molecule has 1 aromatic heterocycles. The molecule has 0 saturated heterocycles. The van der Waals surface area contributed by atoms with Gasteiger partial charge in [-0.25, -0.2) is 8.42 Å². The molecular formula is C13H13BrN2O2S2. The lowest BCUT2D eigenvalue weighted by Gasteiger charge is -2.19. The summed E-state index contributed by atoms with van der Waals surface area (Å²) >= 11 is 4.51. The Bertz CT molecular complexity index is 784. The van der Waals surface area contributed by atoms with Gasteiger partial charge in [0.05, 0.1) is 5.69 Å². The molecule has 0 amide bonds. The highest BCUT2D eigenvalue weighted by Crippen LogP contribution is 2.38.